The Bertz CT molecular complexity index is 592. The number of hydrogen-bond acceptors (Lipinski definition) is 3. The Hall–Kier alpha value is -1.32. The fourth-order valence-electron chi connectivity index (χ4n) is 1.91. The number of aromatic nitrogens is 2. The maximum Gasteiger partial charge on any atom is 0.151 e. The fraction of sp³-hybridized carbons (Fsp3) is 0.286. The summed E-state index contributed by atoms with van der Waals surface area (Å²) in [7, 11) is 0. The first kappa shape index (κ1) is 14.1. The molecule has 2 rings (SSSR count). The Balaban J connectivity index is 2.54. The summed E-state index contributed by atoms with van der Waals surface area (Å²) >= 11 is 12.1. The van der Waals surface area contributed by atoms with Gasteiger partial charge in [0.15, 0.2) is 5.82 Å². The highest BCUT2D eigenvalue weighted by atomic mass is 35.5. The lowest BCUT2D eigenvalue weighted by molar-refractivity contribution is 0.987. The molecule has 19 heavy (non-hydrogen) atoms. The van der Waals surface area contributed by atoms with Crippen molar-refractivity contribution in [1.29, 1.82) is 0 Å². The number of hydrogen-bond donors (Lipinski definition) is 1. The SMILES string of the molecule is CCNc1nnc(-c2cc(Cl)cc(Cl)c2)c(C)c1C. The van der Waals surface area contributed by atoms with E-state index in [-0.39, 0.29) is 0 Å². The lowest BCUT2D eigenvalue weighted by atomic mass is 10.0. The van der Waals surface area contributed by atoms with Crippen molar-refractivity contribution in [3.05, 3.63) is 39.4 Å². The van der Waals surface area contributed by atoms with Gasteiger partial charge in [-0.2, -0.15) is 0 Å². The van der Waals surface area contributed by atoms with E-state index in [0.29, 0.717) is 10.0 Å². The molecule has 0 aliphatic rings. The highest BCUT2D eigenvalue weighted by molar-refractivity contribution is 6.35. The molecule has 1 aromatic heterocycles. The van der Waals surface area contributed by atoms with Gasteiger partial charge in [-0.25, -0.2) is 0 Å². The van der Waals surface area contributed by atoms with Crippen molar-refractivity contribution in [1.82, 2.24) is 10.2 Å². The van der Waals surface area contributed by atoms with Crippen molar-refractivity contribution < 1.29 is 0 Å². The van der Waals surface area contributed by atoms with Crippen molar-refractivity contribution >= 4 is 29.0 Å². The van der Waals surface area contributed by atoms with Gasteiger partial charge in [0.2, 0.25) is 0 Å². The van der Waals surface area contributed by atoms with E-state index in [1.807, 2.05) is 32.9 Å². The molecule has 0 spiro atoms. The Labute approximate surface area is 123 Å². The molecule has 0 fully saturated rings. The van der Waals surface area contributed by atoms with E-state index in [9.17, 15) is 0 Å². The first-order valence-electron chi connectivity index (χ1n) is 6.07. The second-order valence-electron chi connectivity index (χ2n) is 4.34. The van der Waals surface area contributed by atoms with Gasteiger partial charge in [0.1, 0.15) is 0 Å². The summed E-state index contributed by atoms with van der Waals surface area (Å²) in [6.07, 6.45) is 0. The van der Waals surface area contributed by atoms with Crippen molar-refractivity contribution in [3.8, 4) is 11.3 Å². The van der Waals surface area contributed by atoms with E-state index in [0.717, 1.165) is 34.7 Å². The third-order valence-electron chi connectivity index (χ3n) is 3.00. The summed E-state index contributed by atoms with van der Waals surface area (Å²) in [5.74, 6) is 0.817. The third-order valence-corrected chi connectivity index (χ3v) is 3.44. The summed E-state index contributed by atoms with van der Waals surface area (Å²) in [6.45, 7) is 6.89. The van der Waals surface area contributed by atoms with Gasteiger partial charge in [0.05, 0.1) is 5.69 Å². The van der Waals surface area contributed by atoms with Gasteiger partial charge >= 0.3 is 0 Å². The molecule has 100 valence electrons. The smallest absolute Gasteiger partial charge is 0.151 e. The zero-order valence-corrected chi connectivity index (χ0v) is 12.6. The first-order valence-corrected chi connectivity index (χ1v) is 6.82. The molecule has 0 atom stereocenters. The van der Waals surface area contributed by atoms with E-state index >= 15 is 0 Å². The quantitative estimate of drug-likeness (QED) is 0.906. The number of nitrogens with one attached hydrogen (secondary N) is 1. The van der Waals surface area contributed by atoms with Crippen LogP contribution >= 0.6 is 23.2 Å². The maximum absolute atomic E-state index is 6.03. The lowest BCUT2D eigenvalue weighted by Gasteiger charge is -2.12. The molecule has 0 amide bonds. The van der Waals surface area contributed by atoms with Crippen LogP contribution in [0.5, 0.6) is 0 Å². The van der Waals surface area contributed by atoms with Crippen LogP contribution < -0.4 is 5.32 Å². The Morgan fingerprint density at radius 2 is 1.63 bits per heavy atom. The molecule has 0 saturated heterocycles. The largest absolute Gasteiger partial charge is 0.369 e. The van der Waals surface area contributed by atoms with Crippen LogP contribution in [0.25, 0.3) is 11.3 Å². The fourth-order valence-corrected chi connectivity index (χ4v) is 2.43. The summed E-state index contributed by atoms with van der Waals surface area (Å²) in [5.41, 5.74) is 3.85. The van der Waals surface area contributed by atoms with Crippen molar-refractivity contribution in [3.63, 3.8) is 0 Å². The van der Waals surface area contributed by atoms with Crippen molar-refractivity contribution in [2.75, 3.05) is 11.9 Å². The number of nitrogens with zero attached hydrogens (tertiary/aromatic N) is 2. The van der Waals surface area contributed by atoms with Crippen molar-refractivity contribution in [2.45, 2.75) is 20.8 Å². The molecule has 1 N–H and O–H groups in total. The van der Waals surface area contributed by atoms with Crippen LogP contribution in [0.2, 0.25) is 10.0 Å². The maximum atomic E-state index is 6.03. The summed E-state index contributed by atoms with van der Waals surface area (Å²) in [4.78, 5) is 0. The zero-order valence-electron chi connectivity index (χ0n) is 11.1. The second-order valence-corrected chi connectivity index (χ2v) is 5.21. The second kappa shape index (κ2) is 5.76. The molecule has 0 aliphatic heterocycles. The predicted octanol–water partition coefficient (Wildman–Crippen LogP) is 4.50. The molecule has 1 heterocycles. The monoisotopic (exact) mass is 295 g/mol. The van der Waals surface area contributed by atoms with Crippen LogP contribution in [0, 0.1) is 13.8 Å². The molecular weight excluding hydrogens is 281 g/mol. The molecular formula is C14H15Cl2N3. The average molecular weight is 296 g/mol. The average Bonchev–Trinajstić information content (AvgIpc) is 2.34. The van der Waals surface area contributed by atoms with Crippen LogP contribution in [-0.4, -0.2) is 16.7 Å². The molecule has 0 bridgehead atoms. The van der Waals surface area contributed by atoms with Gasteiger partial charge in [0, 0.05) is 22.2 Å². The summed E-state index contributed by atoms with van der Waals surface area (Å²) in [6, 6.07) is 5.39. The minimum absolute atomic E-state index is 0.595. The highest BCUT2D eigenvalue weighted by Crippen LogP contribution is 2.30. The predicted molar refractivity (Wildman–Crippen MR) is 81.1 cm³/mol. The van der Waals surface area contributed by atoms with Crippen LogP contribution in [0.4, 0.5) is 5.82 Å². The molecule has 2 aromatic rings. The van der Waals surface area contributed by atoms with Gasteiger partial charge in [-0.3, -0.25) is 0 Å². The molecule has 0 saturated carbocycles. The molecule has 0 unspecified atom stereocenters. The molecule has 0 aliphatic carbocycles. The molecule has 3 nitrogen and oxygen atoms in total. The third kappa shape index (κ3) is 2.99. The van der Waals surface area contributed by atoms with Gasteiger partial charge in [-0.15, -0.1) is 10.2 Å². The number of benzene rings is 1. The van der Waals surface area contributed by atoms with E-state index in [4.69, 9.17) is 23.2 Å². The zero-order chi connectivity index (χ0) is 14.0. The van der Waals surface area contributed by atoms with Crippen LogP contribution in [0.3, 0.4) is 0 Å². The summed E-state index contributed by atoms with van der Waals surface area (Å²) in [5, 5.41) is 12.9. The number of rotatable bonds is 3. The topological polar surface area (TPSA) is 37.8 Å². The van der Waals surface area contributed by atoms with E-state index in [1.54, 1.807) is 6.07 Å². The van der Waals surface area contributed by atoms with Crippen LogP contribution in [-0.2, 0) is 0 Å². The minimum atomic E-state index is 0.595. The van der Waals surface area contributed by atoms with Gasteiger partial charge in [-0.1, -0.05) is 23.2 Å². The van der Waals surface area contributed by atoms with Crippen molar-refractivity contribution in [2.24, 2.45) is 0 Å². The standard InChI is InChI=1S/C14H15Cl2N3/c1-4-17-14-9(3)8(2)13(18-19-14)10-5-11(15)7-12(16)6-10/h5-7H,4H2,1-3H3,(H,17,19). The minimum Gasteiger partial charge on any atom is -0.369 e. The van der Waals surface area contributed by atoms with Gasteiger partial charge in [0.25, 0.3) is 0 Å². The molecule has 1 aromatic carbocycles. The Morgan fingerprint density at radius 3 is 2.21 bits per heavy atom. The number of halogens is 2. The molecule has 5 heteroatoms. The normalized spacial score (nSPS) is 10.6. The first-order chi connectivity index (χ1) is 9.02. The van der Waals surface area contributed by atoms with E-state index in [2.05, 4.69) is 15.5 Å². The Morgan fingerprint density at radius 1 is 1.00 bits per heavy atom. The van der Waals surface area contributed by atoms with Gasteiger partial charge in [-0.05, 0) is 50.1 Å². The Kier molecular flexibility index (Phi) is 4.27. The van der Waals surface area contributed by atoms with E-state index < -0.39 is 0 Å². The van der Waals surface area contributed by atoms with E-state index in [1.165, 1.54) is 0 Å². The lowest BCUT2D eigenvalue weighted by Crippen LogP contribution is -2.06. The van der Waals surface area contributed by atoms with Gasteiger partial charge < -0.3 is 5.32 Å². The highest BCUT2D eigenvalue weighted by Gasteiger charge is 2.12. The van der Waals surface area contributed by atoms with Crippen LogP contribution in [0.15, 0.2) is 18.2 Å². The van der Waals surface area contributed by atoms with Crippen LogP contribution in [0.1, 0.15) is 18.1 Å². The number of anilines is 1. The summed E-state index contributed by atoms with van der Waals surface area (Å²) < 4.78 is 0. The molecule has 0 radical (unpaired) electrons.